The van der Waals surface area contributed by atoms with Crippen LogP contribution in [0, 0.1) is 11.6 Å². The van der Waals surface area contributed by atoms with Crippen LogP contribution in [-0.4, -0.2) is 32.5 Å². The summed E-state index contributed by atoms with van der Waals surface area (Å²) in [5.41, 5.74) is 0.320. The number of hydrogen-bond acceptors (Lipinski definition) is 6. The lowest BCUT2D eigenvalue weighted by molar-refractivity contribution is 0.0912. The molecule has 9 heteroatoms. The summed E-state index contributed by atoms with van der Waals surface area (Å²) >= 11 is 1.21. The number of aliphatic hydroxyl groups is 1. The maximum atomic E-state index is 13.2. The summed E-state index contributed by atoms with van der Waals surface area (Å²) in [4.78, 5) is 24.3. The predicted molar refractivity (Wildman–Crippen MR) is 86.8 cm³/mol. The first-order valence-electron chi connectivity index (χ1n) is 7.18. The molecular formula is C16H12F2N4O2S. The van der Waals surface area contributed by atoms with E-state index < -0.39 is 23.6 Å². The molecule has 0 fully saturated rings. The van der Waals surface area contributed by atoms with Crippen LogP contribution in [0.5, 0.6) is 0 Å². The van der Waals surface area contributed by atoms with Crippen molar-refractivity contribution in [3.05, 3.63) is 64.9 Å². The third-order valence-electron chi connectivity index (χ3n) is 3.28. The summed E-state index contributed by atoms with van der Waals surface area (Å²) in [5.74, 6) is -2.15. The number of hydrogen-bond donors (Lipinski definition) is 2. The van der Waals surface area contributed by atoms with Crippen molar-refractivity contribution in [2.24, 2.45) is 0 Å². The SMILES string of the molecule is O=C(NC[C@H](O)c1ccc(F)c(F)c1)c1csc(-c2ncccn2)n1. The molecule has 0 bridgehead atoms. The van der Waals surface area contributed by atoms with E-state index in [2.05, 4.69) is 20.3 Å². The van der Waals surface area contributed by atoms with E-state index in [9.17, 15) is 18.7 Å². The molecule has 0 unspecified atom stereocenters. The lowest BCUT2D eigenvalue weighted by Gasteiger charge is -2.12. The number of rotatable bonds is 5. The maximum absolute atomic E-state index is 13.2. The zero-order valence-corrected chi connectivity index (χ0v) is 13.5. The van der Waals surface area contributed by atoms with E-state index in [1.165, 1.54) is 17.4 Å². The summed E-state index contributed by atoms with van der Waals surface area (Å²) in [5, 5.41) is 14.5. The van der Waals surface area contributed by atoms with Gasteiger partial charge in [0.25, 0.3) is 5.91 Å². The molecule has 0 aliphatic rings. The minimum atomic E-state index is -1.17. The molecule has 1 atom stereocenters. The minimum absolute atomic E-state index is 0.157. The molecule has 3 rings (SSSR count). The number of thiazole rings is 1. The molecule has 0 radical (unpaired) electrons. The smallest absolute Gasteiger partial charge is 0.270 e. The van der Waals surface area contributed by atoms with E-state index in [0.29, 0.717) is 10.8 Å². The van der Waals surface area contributed by atoms with Gasteiger partial charge < -0.3 is 10.4 Å². The highest BCUT2D eigenvalue weighted by molar-refractivity contribution is 7.13. The van der Waals surface area contributed by atoms with Crippen LogP contribution in [0.2, 0.25) is 0 Å². The third kappa shape index (κ3) is 4.01. The Bertz CT molecular complexity index is 889. The fourth-order valence-electron chi connectivity index (χ4n) is 2.01. The van der Waals surface area contributed by atoms with Crippen LogP contribution in [0.3, 0.4) is 0 Å². The van der Waals surface area contributed by atoms with Gasteiger partial charge in [-0.15, -0.1) is 11.3 Å². The van der Waals surface area contributed by atoms with Crippen LogP contribution in [0.15, 0.2) is 42.0 Å². The summed E-state index contributed by atoms with van der Waals surface area (Å²) < 4.78 is 26.1. The highest BCUT2D eigenvalue weighted by atomic mass is 32.1. The van der Waals surface area contributed by atoms with Crippen molar-refractivity contribution in [1.82, 2.24) is 20.3 Å². The topological polar surface area (TPSA) is 88.0 Å². The Morgan fingerprint density at radius 1 is 1.24 bits per heavy atom. The highest BCUT2D eigenvalue weighted by Crippen LogP contribution is 2.20. The van der Waals surface area contributed by atoms with Crippen LogP contribution < -0.4 is 5.32 Å². The van der Waals surface area contributed by atoms with Crippen molar-refractivity contribution < 1.29 is 18.7 Å². The van der Waals surface area contributed by atoms with Crippen molar-refractivity contribution in [3.8, 4) is 10.8 Å². The maximum Gasteiger partial charge on any atom is 0.270 e. The van der Waals surface area contributed by atoms with Gasteiger partial charge in [-0.3, -0.25) is 4.79 Å². The molecule has 6 nitrogen and oxygen atoms in total. The monoisotopic (exact) mass is 362 g/mol. The fourth-order valence-corrected chi connectivity index (χ4v) is 2.75. The molecule has 128 valence electrons. The quantitative estimate of drug-likeness (QED) is 0.727. The highest BCUT2D eigenvalue weighted by Gasteiger charge is 2.16. The number of carbonyl (C=O) groups excluding carboxylic acids is 1. The number of nitrogens with zero attached hydrogens (tertiary/aromatic N) is 3. The van der Waals surface area contributed by atoms with Gasteiger partial charge in [0, 0.05) is 24.3 Å². The molecule has 0 saturated carbocycles. The number of halogens is 2. The van der Waals surface area contributed by atoms with Gasteiger partial charge in [0.1, 0.15) is 5.69 Å². The van der Waals surface area contributed by atoms with Crippen molar-refractivity contribution >= 4 is 17.2 Å². The Labute approximate surface area is 145 Å². The normalized spacial score (nSPS) is 12.0. The summed E-state index contributed by atoms with van der Waals surface area (Å²) in [6.07, 6.45) is 1.97. The Balaban J connectivity index is 1.63. The molecule has 25 heavy (non-hydrogen) atoms. The van der Waals surface area contributed by atoms with Gasteiger partial charge in [-0.2, -0.15) is 0 Å². The molecule has 0 aliphatic heterocycles. The summed E-state index contributed by atoms with van der Waals surface area (Å²) in [7, 11) is 0. The molecule has 2 heterocycles. The molecule has 1 amide bonds. The first-order valence-corrected chi connectivity index (χ1v) is 8.06. The average molecular weight is 362 g/mol. The molecule has 2 aromatic heterocycles. The lowest BCUT2D eigenvalue weighted by atomic mass is 10.1. The van der Waals surface area contributed by atoms with E-state index >= 15 is 0 Å². The van der Waals surface area contributed by atoms with Crippen LogP contribution in [0.1, 0.15) is 22.2 Å². The second-order valence-electron chi connectivity index (χ2n) is 5.01. The largest absolute Gasteiger partial charge is 0.387 e. The van der Waals surface area contributed by atoms with Crippen LogP contribution in [-0.2, 0) is 0 Å². The van der Waals surface area contributed by atoms with Crippen molar-refractivity contribution in [3.63, 3.8) is 0 Å². The van der Waals surface area contributed by atoms with Gasteiger partial charge in [-0.1, -0.05) is 6.07 Å². The molecule has 3 aromatic rings. The van der Waals surface area contributed by atoms with Gasteiger partial charge in [0.15, 0.2) is 22.5 Å². The van der Waals surface area contributed by atoms with Crippen LogP contribution in [0.4, 0.5) is 8.78 Å². The van der Waals surface area contributed by atoms with E-state index in [0.717, 1.165) is 12.1 Å². The van der Waals surface area contributed by atoms with E-state index in [4.69, 9.17) is 0 Å². The van der Waals surface area contributed by atoms with Crippen LogP contribution in [0.25, 0.3) is 10.8 Å². The minimum Gasteiger partial charge on any atom is -0.387 e. The Morgan fingerprint density at radius 3 is 2.72 bits per heavy atom. The number of aromatic nitrogens is 3. The first kappa shape index (κ1) is 17.1. The predicted octanol–water partition coefficient (Wildman–Crippen LogP) is 2.34. The van der Waals surface area contributed by atoms with Crippen molar-refractivity contribution in [2.75, 3.05) is 6.54 Å². The zero-order chi connectivity index (χ0) is 17.8. The average Bonchev–Trinajstić information content (AvgIpc) is 3.12. The number of nitrogens with one attached hydrogen (secondary N) is 1. The van der Waals surface area contributed by atoms with Gasteiger partial charge in [0.05, 0.1) is 6.10 Å². The standard InChI is InChI=1S/C16H12F2N4O2S/c17-10-3-2-9(6-11(10)18)13(23)7-21-15(24)12-8-25-16(22-12)14-19-4-1-5-20-14/h1-6,8,13,23H,7H2,(H,21,24)/t13-/m0/s1. The number of aliphatic hydroxyl groups excluding tert-OH is 1. The first-order chi connectivity index (χ1) is 12.0. The Hall–Kier alpha value is -2.78. The number of benzene rings is 1. The van der Waals surface area contributed by atoms with Crippen molar-refractivity contribution in [2.45, 2.75) is 6.10 Å². The molecular weight excluding hydrogens is 350 g/mol. The number of carbonyl (C=O) groups is 1. The molecule has 0 aliphatic carbocycles. The molecule has 0 saturated heterocycles. The summed E-state index contributed by atoms with van der Waals surface area (Å²) in [6.45, 7) is -0.168. The van der Waals surface area contributed by atoms with E-state index in [1.807, 2.05) is 0 Å². The lowest BCUT2D eigenvalue weighted by Crippen LogP contribution is -2.28. The van der Waals surface area contributed by atoms with Gasteiger partial charge in [-0.25, -0.2) is 23.7 Å². The third-order valence-corrected chi connectivity index (χ3v) is 4.12. The second kappa shape index (κ2) is 7.41. The molecule has 1 aromatic carbocycles. The van der Waals surface area contributed by atoms with Gasteiger partial charge in [-0.05, 0) is 23.8 Å². The van der Waals surface area contributed by atoms with Crippen molar-refractivity contribution in [1.29, 1.82) is 0 Å². The molecule has 2 N–H and O–H groups in total. The second-order valence-corrected chi connectivity index (χ2v) is 5.87. The number of amides is 1. The Morgan fingerprint density at radius 2 is 2.00 bits per heavy atom. The zero-order valence-electron chi connectivity index (χ0n) is 12.7. The summed E-state index contributed by atoms with van der Waals surface area (Å²) in [6, 6.07) is 4.73. The van der Waals surface area contributed by atoms with Crippen LogP contribution >= 0.6 is 11.3 Å². The van der Waals surface area contributed by atoms with E-state index in [1.54, 1.807) is 23.8 Å². The fraction of sp³-hybridized carbons (Fsp3) is 0.125. The Kier molecular flexibility index (Phi) is 5.05. The van der Waals surface area contributed by atoms with Gasteiger partial charge >= 0.3 is 0 Å². The molecule has 0 spiro atoms. The van der Waals surface area contributed by atoms with Gasteiger partial charge in [0.2, 0.25) is 0 Å². The van der Waals surface area contributed by atoms with E-state index in [-0.39, 0.29) is 17.8 Å².